The molecule has 0 unspecified atom stereocenters. The van der Waals surface area contributed by atoms with E-state index in [9.17, 15) is 18.0 Å². The molecule has 2 amide bonds. The van der Waals surface area contributed by atoms with Crippen LogP contribution in [0.4, 0.5) is 5.69 Å². The molecule has 2 atom stereocenters. The van der Waals surface area contributed by atoms with E-state index in [1.807, 2.05) is 65.0 Å². The van der Waals surface area contributed by atoms with Crippen molar-refractivity contribution in [1.82, 2.24) is 10.2 Å². The summed E-state index contributed by atoms with van der Waals surface area (Å²) in [6, 6.07) is 12.3. The van der Waals surface area contributed by atoms with Crippen LogP contribution < -0.4 is 9.62 Å². The van der Waals surface area contributed by atoms with Gasteiger partial charge in [-0.25, -0.2) is 8.42 Å². The van der Waals surface area contributed by atoms with E-state index in [0.29, 0.717) is 5.69 Å². The number of carbonyl (C=O) groups excluding carboxylic acids is 2. The molecule has 0 saturated heterocycles. The molecule has 0 aromatic heterocycles. The Labute approximate surface area is 204 Å². The second-order valence-electron chi connectivity index (χ2n) is 9.12. The largest absolute Gasteiger partial charge is 0.352 e. The predicted octanol–water partition coefficient (Wildman–Crippen LogP) is 3.71. The maximum atomic E-state index is 13.6. The van der Waals surface area contributed by atoms with Crippen LogP contribution in [0.2, 0.25) is 0 Å². The molecule has 0 aliphatic carbocycles. The first-order valence-corrected chi connectivity index (χ1v) is 13.4. The normalized spacial score (nSPS) is 13.1. The van der Waals surface area contributed by atoms with Crippen LogP contribution in [0.3, 0.4) is 0 Å². The number of nitrogens with one attached hydrogen (secondary N) is 1. The fraction of sp³-hybridized carbons (Fsp3) is 0.462. The smallest absolute Gasteiger partial charge is 0.244 e. The molecule has 34 heavy (non-hydrogen) atoms. The molecular formula is C26H37N3O4S. The summed E-state index contributed by atoms with van der Waals surface area (Å²) >= 11 is 0. The molecule has 0 saturated carbocycles. The summed E-state index contributed by atoms with van der Waals surface area (Å²) in [5.41, 5.74) is 4.13. The SMILES string of the molecule is CC[C@@H](C)NC(=O)[C@@H](C)N(Cc1cccc(C)c1)C(=O)CN(c1cc(C)cc(C)c1)S(C)(=O)=O. The van der Waals surface area contributed by atoms with Crippen LogP contribution in [-0.4, -0.2) is 50.0 Å². The summed E-state index contributed by atoms with van der Waals surface area (Å²) in [4.78, 5) is 27.9. The van der Waals surface area contributed by atoms with Gasteiger partial charge in [-0.3, -0.25) is 13.9 Å². The number of nitrogens with zero attached hydrogens (tertiary/aromatic N) is 2. The first kappa shape index (κ1) is 27.4. The molecular weight excluding hydrogens is 450 g/mol. The van der Waals surface area contributed by atoms with Crippen molar-refractivity contribution in [2.45, 2.75) is 66.6 Å². The van der Waals surface area contributed by atoms with Crippen molar-refractivity contribution in [3.8, 4) is 0 Å². The standard InChI is InChI=1S/C26H37N3O4S/c1-8-21(5)27-26(31)22(6)28(16-23-11-9-10-18(2)13-23)25(30)17-29(34(7,32)33)24-14-19(3)12-20(4)15-24/h9-15,21-22H,8,16-17H2,1-7H3,(H,27,31)/t21-,22-/m1/s1. The highest BCUT2D eigenvalue weighted by Gasteiger charge is 2.30. The van der Waals surface area contributed by atoms with Gasteiger partial charge in [0.05, 0.1) is 11.9 Å². The van der Waals surface area contributed by atoms with Gasteiger partial charge in [0.15, 0.2) is 0 Å². The van der Waals surface area contributed by atoms with E-state index in [2.05, 4.69) is 5.32 Å². The molecule has 2 rings (SSSR count). The molecule has 186 valence electrons. The molecule has 0 radical (unpaired) electrons. The highest BCUT2D eigenvalue weighted by atomic mass is 32.2. The van der Waals surface area contributed by atoms with E-state index < -0.39 is 28.5 Å². The van der Waals surface area contributed by atoms with Crippen molar-refractivity contribution in [2.24, 2.45) is 0 Å². The van der Waals surface area contributed by atoms with Crippen molar-refractivity contribution in [2.75, 3.05) is 17.1 Å². The fourth-order valence-electron chi connectivity index (χ4n) is 3.76. The third-order valence-electron chi connectivity index (χ3n) is 5.78. The molecule has 1 N–H and O–H groups in total. The summed E-state index contributed by atoms with van der Waals surface area (Å²) in [6.07, 6.45) is 1.85. The number of sulfonamides is 1. The number of anilines is 1. The van der Waals surface area contributed by atoms with E-state index in [1.165, 1.54) is 4.90 Å². The number of hydrogen-bond acceptors (Lipinski definition) is 4. The molecule has 2 aromatic carbocycles. The van der Waals surface area contributed by atoms with Crippen molar-refractivity contribution >= 4 is 27.5 Å². The Morgan fingerprint density at radius 2 is 1.59 bits per heavy atom. The predicted molar refractivity (Wildman–Crippen MR) is 137 cm³/mol. The maximum absolute atomic E-state index is 13.6. The number of aryl methyl sites for hydroxylation is 3. The molecule has 0 fully saturated rings. The third kappa shape index (κ3) is 7.58. The molecule has 7 nitrogen and oxygen atoms in total. The topological polar surface area (TPSA) is 86.8 Å². The van der Waals surface area contributed by atoms with E-state index >= 15 is 0 Å². The van der Waals surface area contributed by atoms with Crippen LogP contribution >= 0.6 is 0 Å². The summed E-state index contributed by atoms with van der Waals surface area (Å²) in [7, 11) is -3.74. The summed E-state index contributed by atoms with van der Waals surface area (Å²) < 4.78 is 26.5. The van der Waals surface area contributed by atoms with Gasteiger partial charge in [0, 0.05) is 12.6 Å². The Morgan fingerprint density at radius 3 is 2.12 bits per heavy atom. The molecule has 0 spiro atoms. The Morgan fingerprint density at radius 1 is 0.971 bits per heavy atom. The lowest BCUT2D eigenvalue weighted by molar-refractivity contribution is -0.139. The zero-order chi connectivity index (χ0) is 25.6. The van der Waals surface area contributed by atoms with E-state index in [1.54, 1.807) is 19.1 Å². The Bertz CT molecular complexity index is 1110. The Hall–Kier alpha value is -2.87. The zero-order valence-corrected chi connectivity index (χ0v) is 22.1. The van der Waals surface area contributed by atoms with Gasteiger partial charge in [0.1, 0.15) is 12.6 Å². The second kappa shape index (κ2) is 11.5. The number of rotatable bonds is 10. The average molecular weight is 488 g/mol. The molecule has 0 aliphatic heterocycles. The number of amides is 2. The van der Waals surface area contributed by atoms with Gasteiger partial charge in [0.25, 0.3) is 0 Å². The average Bonchev–Trinajstić information content (AvgIpc) is 2.73. The van der Waals surface area contributed by atoms with Gasteiger partial charge in [0.2, 0.25) is 21.8 Å². The first-order valence-electron chi connectivity index (χ1n) is 11.5. The van der Waals surface area contributed by atoms with Crippen LogP contribution in [0.25, 0.3) is 0 Å². The van der Waals surface area contributed by atoms with Crippen LogP contribution in [0.1, 0.15) is 49.4 Å². The fourth-order valence-corrected chi connectivity index (χ4v) is 4.60. The van der Waals surface area contributed by atoms with Crippen molar-refractivity contribution in [1.29, 1.82) is 0 Å². The van der Waals surface area contributed by atoms with Crippen LogP contribution in [-0.2, 0) is 26.2 Å². The van der Waals surface area contributed by atoms with Crippen molar-refractivity contribution < 1.29 is 18.0 Å². The number of benzene rings is 2. The molecule has 0 aliphatic rings. The lowest BCUT2D eigenvalue weighted by Gasteiger charge is -2.32. The number of carbonyl (C=O) groups is 2. The molecule has 8 heteroatoms. The van der Waals surface area contributed by atoms with Crippen LogP contribution in [0.5, 0.6) is 0 Å². The van der Waals surface area contributed by atoms with Crippen molar-refractivity contribution in [3.63, 3.8) is 0 Å². The van der Waals surface area contributed by atoms with Gasteiger partial charge in [-0.15, -0.1) is 0 Å². The minimum absolute atomic E-state index is 0.0336. The minimum Gasteiger partial charge on any atom is -0.352 e. The van der Waals surface area contributed by atoms with Crippen LogP contribution in [0.15, 0.2) is 42.5 Å². The van der Waals surface area contributed by atoms with Gasteiger partial charge in [-0.05, 0) is 69.9 Å². The molecule has 0 heterocycles. The summed E-state index contributed by atoms with van der Waals surface area (Å²) in [5.74, 6) is -0.717. The number of hydrogen-bond donors (Lipinski definition) is 1. The van der Waals surface area contributed by atoms with Gasteiger partial charge < -0.3 is 10.2 Å². The lowest BCUT2D eigenvalue weighted by atomic mass is 10.1. The van der Waals surface area contributed by atoms with Crippen molar-refractivity contribution in [3.05, 3.63) is 64.7 Å². The Balaban J connectivity index is 2.42. The Kier molecular flexibility index (Phi) is 9.27. The quantitative estimate of drug-likeness (QED) is 0.554. The summed E-state index contributed by atoms with van der Waals surface area (Å²) in [5, 5.41) is 2.93. The van der Waals surface area contributed by atoms with E-state index in [-0.39, 0.29) is 18.5 Å². The highest BCUT2D eigenvalue weighted by molar-refractivity contribution is 7.92. The van der Waals surface area contributed by atoms with Gasteiger partial charge in [-0.1, -0.05) is 42.8 Å². The minimum atomic E-state index is -3.74. The molecule has 2 aromatic rings. The first-order chi connectivity index (χ1) is 15.8. The maximum Gasteiger partial charge on any atom is 0.244 e. The lowest BCUT2D eigenvalue weighted by Crippen LogP contribution is -2.52. The monoisotopic (exact) mass is 487 g/mol. The van der Waals surface area contributed by atoms with Gasteiger partial charge in [-0.2, -0.15) is 0 Å². The summed E-state index contributed by atoms with van der Waals surface area (Å²) in [6.45, 7) is 11.1. The van der Waals surface area contributed by atoms with E-state index in [0.717, 1.165) is 39.2 Å². The third-order valence-corrected chi connectivity index (χ3v) is 6.92. The molecule has 0 bridgehead atoms. The van der Waals surface area contributed by atoms with Gasteiger partial charge >= 0.3 is 0 Å². The highest BCUT2D eigenvalue weighted by Crippen LogP contribution is 2.22. The van der Waals surface area contributed by atoms with E-state index in [4.69, 9.17) is 0 Å². The zero-order valence-electron chi connectivity index (χ0n) is 21.3. The van der Waals surface area contributed by atoms with Crippen LogP contribution in [0, 0.1) is 20.8 Å². The second-order valence-corrected chi connectivity index (χ2v) is 11.0.